The first-order chi connectivity index (χ1) is 13.2. The van der Waals surface area contributed by atoms with Gasteiger partial charge in [0.25, 0.3) is 5.91 Å². The molecule has 0 aliphatic heterocycles. The number of benzene rings is 1. The normalized spacial score (nSPS) is 11.8. The number of likely N-dealkylation sites (N-methyl/N-ethyl adjacent to an activating group) is 1. The summed E-state index contributed by atoms with van der Waals surface area (Å²) in [6, 6.07) is 14.6. The molecule has 1 atom stereocenters. The van der Waals surface area contributed by atoms with Crippen LogP contribution in [0.15, 0.2) is 54.7 Å². The maximum atomic E-state index is 13.0. The number of H-pyrrole nitrogens is 1. The number of methoxy groups -OCH3 is 2. The Hall–Kier alpha value is -3.19. The van der Waals surface area contributed by atoms with Gasteiger partial charge in [0.2, 0.25) is 0 Å². The van der Waals surface area contributed by atoms with Crippen LogP contribution >= 0.6 is 0 Å². The molecule has 3 aromatic rings. The van der Waals surface area contributed by atoms with Gasteiger partial charge in [-0.2, -0.15) is 5.10 Å². The molecule has 3 rings (SSSR count). The van der Waals surface area contributed by atoms with Gasteiger partial charge in [0, 0.05) is 25.9 Å². The van der Waals surface area contributed by atoms with Gasteiger partial charge in [0.05, 0.1) is 31.1 Å². The van der Waals surface area contributed by atoms with Crippen molar-refractivity contribution in [3.8, 4) is 17.0 Å². The number of carbonyl (C=O) groups excluding carboxylic acids is 1. The number of nitrogens with zero attached hydrogens (tertiary/aromatic N) is 3. The highest BCUT2D eigenvalue weighted by Gasteiger charge is 2.25. The second-order valence-electron chi connectivity index (χ2n) is 6.01. The van der Waals surface area contributed by atoms with E-state index in [1.807, 2.05) is 42.5 Å². The molecule has 0 saturated carbocycles. The highest BCUT2D eigenvalue weighted by atomic mass is 16.5. The minimum atomic E-state index is -0.304. The molecule has 7 nitrogen and oxygen atoms in total. The van der Waals surface area contributed by atoms with E-state index in [-0.39, 0.29) is 11.9 Å². The van der Waals surface area contributed by atoms with Crippen molar-refractivity contribution in [1.82, 2.24) is 20.1 Å². The molecule has 0 radical (unpaired) electrons. The van der Waals surface area contributed by atoms with Crippen LogP contribution in [0, 0.1) is 0 Å². The van der Waals surface area contributed by atoms with Crippen LogP contribution in [0.3, 0.4) is 0 Å². The number of hydrogen-bond donors (Lipinski definition) is 1. The highest BCUT2D eigenvalue weighted by molar-refractivity contribution is 5.93. The Morgan fingerprint density at radius 3 is 2.67 bits per heavy atom. The zero-order valence-electron chi connectivity index (χ0n) is 15.5. The van der Waals surface area contributed by atoms with Gasteiger partial charge in [-0.25, -0.2) is 0 Å². The van der Waals surface area contributed by atoms with Crippen LogP contribution in [0.25, 0.3) is 11.3 Å². The average molecular weight is 366 g/mol. The molecule has 0 aliphatic rings. The van der Waals surface area contributed by atoms with Gasteiger partial charge in [-0.15, -0.1) is 0 Å². The molecule has 0 fully saturated rings. The summed E-state index contributed by atoms with van der Waals surface area (Å²) in [5.41, 5.74) is 2.61. The molecule has 1 unspecified atom stereocenters. The number of ether oxygens (including phenoxy) is 2. The number of rotatable bonds is 7. The fourth-order valence-electron chi connectivity index (χ4n) is 2.88. The lowest BCUT2D eigenvalue weighted by Crippen LogP contribution is -2.34. The van der Waals surface area contributed by atoms with Crippen molar-refractivity contribution in [3.05, 3.63) is 66.1 Å². The van der Waals surface area contributed by atoms with E-state index >= 15 is 0 Å². The Morgan fingerprint density at radius 1 is 1.19 bits per heavy atom. The van der Waals surface area contributed by atoms with Crippen LogP contribution in [0.1, 0.15) is 22.2 Å². The van der Waals surface area contributed by atoms with Crippen molar-refractivity contribution in [2.45, 2.75) is 6.04 Å². The van der Waals surface area contributed by atoms with E-state index in [2.05, 4.69) is 15.2 Å². The van der Waals surface area contributed by atoms with Gasteiger partial charge in [-0.05, 0) is 30.3 Å². The highest BCUT2D eigenvalue weighted by Crippen LogP contribution is 2.29. The van der Waals surface area contributed by atoms with E-state index < -0.39 is 0 Å². The van der Waals surface area contributed by atoms with E-state index in [1.54, 1.807) is 38.4 Å². The summed E-state index contributed by atoms with van der Waals surface area (Å²) >= 11 is 0. The zero-order valence-corrected chi connectivity index (χ0v) is 15.5. The van der Waals surface area contributed by atoms with Gasteiger partial charge in [0.15, 0.2) is 0 Å². The van der Waals surface area contributed by atoms with E-state index in [0.717, 1.165) is 11.3 Å². The first-order valence-electron chi connectivity index (χ1n) is 8.51. The molecular weight excluding hydrogens is 344 g/mol. The second kappa shape index (κ2) is 8.46. The Morgan fingerprint density at radius 2 is 1.96 bits per heavy atom. The predicted molar refractivity (Wildman–Crippen MR) is 102 cm³/mol. The minimum absolute atomic E-state index is 0.198. The van der Waals surface area contributed by atoms with Crippen molar-refractivity contribution in [3.63, 3.8) is 0 Å². The SMILES string of the molecule is COCC(c1ccccn1)N(C)C(=O)c1cc(-c2ccccc2OC)n[nH]1. The Bertz CT molecular complexity index is 895. The van der Waals surface area contributed by atoms with Crippen LogP contribution in [0.2, 0.25) is 0 Å². The standard InChI is InChI=1S/C20H22N4O3/c1-24(18(13-26-2)15-9-6-7-11-21-15)20(25)17-12-16(22-23-17)14-8-4-5-10-19(14)27-3/h4-12,18H,13H2,1-3H3,(H,22,23). The van der Waals surface area contributed by atoms with E-state index in [4.69, 9.17) is 9.47 Å². The fraction of sp³-hybridized carbons (Fsp3) is 0.250. The number of para-hydroxylation sites is 1. The third-order valence-electron chi connectivity index (χ3n) is 4.33. The molecule has 0 aliphatic carbocycles. The molecule has 0 saturated heterocycles. The van der Waals surface area contributed by atoms with Crippen molar-refractivity contribution in [2.75, 3.05) is 27.9 Å². The van der Waals surface area contributed by atoms with Crippen LogP contribution in [0.5, 0.6) is 5.75 Å². The summed E-state index contributed by atoms with van der Waals surface area (Å²) in [5.74, 6) is 0.499. The smallest absolute Gasteiger partial charge is 0.272 e. The van der Waals surface area contributed by atoms with Crippen molar-refractivity contribution < 1.29 is 14.3 Å². The predicted octanol–water partition coefficient (Wildman–Crippen LogP) is 2.94. The van der Waals surface area contributed by atoms with Gasteiger partial charge in [-0.3, -0.25) is 14.9 Å². The lowest BCUT2D eigenvalue weighted by atomic mass is 10.1. The summed E-state index contributed by atoms with van der Waals surface area (Å²) in [5, 5.41) is 7.10. The molecule has 27 heavy (non-hydrogen) atoms. The largest absolute Gasteiger partial charge is 0.496 e. The average Bonchev–Trinajstić information content (AvgIpc) is 3.21. The molecular formula is C20H22N4O3. The van der Waals surface area contributed by atoms with Gasteiger partial charge in [-0.1, -0.05) is 18.2 Å². The number of aromatic nitrogens is 3. The second-order valence-corrected chi connectivity index (χ2v) is 6.01. The van der Waals surface area contributed by atoms with Crippen LogP contribution in [0.4, 0.5) is 0 Å². The maximum Gasteiger partial charge on any atom is 0.272 e. The summed E-state index contributed by atoms with van der Waals surface area (Å²) in [6.45, 7) is 0.340. The van der Waals surface area contributed by atoms with E-state index in [0.29, 0.717) is 23.7 Å². The minimum Gasteiger partial charge on any atom is -0.496 e. The third-order valence-corrected chi connectivity index (χ3v) is 4.33. The lowest BCUT2D eigenvalue weighted by Gasteiger charge is -2.26. The fourth-order valence-corrected chi connectivity index (χ4v) is 2.88. The number of nitrogens with one attached hydrogen (secondary N) is 1. The van der Waals surface area contributed by atoms with Crippen LogP contribution in [-0.2, 0) is 4.74 Å². The monoisotopic (exact) mass is 366 g/mol. The molecule has 0 bridgehead atoms. The number of hydrogen-bond acceptors (Lipinski definition) is 5. The summed E-state index contributed by atoms with van der Waals surface area (Å²) in [4.78, 5) is 18.9. The zero-order chi connectivity index (χ0) is 19.2. The molecule has 1 aromatic carbocycles. The molecule has 1 amide bonds. The van der Waals surface area contributed by atoms with Crippen LogP contribution in [-0.4, -0.2) is 53.9 Å². The molecule has 7 heteroatoms. The first kappa shape index (κ1) is 18.6. The number of aromatic amines is 1. The van der Waals surface area contributed by atoms with Crippen molar-refractivity contribution in [1.29, 1.82) is 0 Å². The Labute approximate surface area is 158 Å². The number of pyridine rings is 1. The summed E-state index contributed by atoms with van der Waals surface area (Å²) in [7, 11) is 4.93. The number of amides is 1. The quantitative estimate of drug-likeness (QED) is 0.695. The molecule has 0 spiro atoms. The summed E-state index contributed by atoms with van der Waals surface area (Å²) in [6.07, 6.45) is 1.70. The Balaban J connectivity index is 1.86. The van der Waals surface area contributed by atoms with Crippen LogP contribution < -0.4 is 4.74 Å². The molecule has 2 heterocycles. The molecule has 140 valence electrons. The lowest BCUT2D eigenvalue weighted by molar-refractivity contribution is 0.0589. The van der Waals surface area contributed by atoms with Gasteiger partial charge in [0.1, 0.15) is 11.4 Å². The molecule has 1 N–H and O–H groups in total. The van der Waals surface area contributed by atoms with Crippen molar-refractivity contribution in [2.24, 2.45) is 0 Å². The van der Waals surface area contributed by atoms with Gasteiger partial charge < -0.3 is 14.4 Å². The van der Waals surface area contributed by atoms with E-state index in [9.17, 15) is 4.79 Å². The van der Waals surface area contributed by atoms with Crippen molar-refractivity contribution >= 4 is 5.91 Å². The van der Waals surface area contributed by atoms with Gasteiger partial charge >= 0.3 is 0 Å². The van der Waals surface area contributed by atoms with E-state index in [1.165, 1.54) is 0 Å². The summed E-state index contributed by atoms with van der Waals surface area (Å²) < 4.78 is 10.7. The molecule has 2 aromatic heterocycles. The maximum absolute atomic E-state index is 13.0. The first-order valence-corrected chi connectivity index (χ1v) is 8.51. The third kappa shape index (κ3) is 3.98. The Kier molecular flexibility index (Phi) is 5.83. The topological polar surface area (TPSA) is 80.3 Å². The number of carbonyl (C=O) groups is 1.